The molecule has 3 rings (SSSR count). The zero-order valence-electron chi connectivity index (χ0n) is 16.3. The Morgan fingerprint density at radius 3 is 2.78 bits per heavy atom. The highest BCUT2D eigenvalue weighted by Gasteiger charge is 2.23. The van der Waals surface area contributed by atoms with Crippen LogP contribution >= 0.6 is 11.3 Å². The Labute approximate surface area is 166 Å². The second-order valence-corrected chi connectivity index (χ2v) is 7.82. The SMILES string of the molecule is CN=C(NCCc1cccs1)NCC(c1cccc(C)c1)N1CCOCC1. The van der Waals surface area contributed by atoms with E-state index in [1.807, 2.05) is 7.05 Å². The van der Waals surface area contributed by atoms with Crippen molar-refractivity contribution >= 4 is 17.3 Å². The fourth-order valence-electron chi connectivity index (χ4n) is 3.40. The number of rotatable bonds is 7. The fraction of sp³-hybridized carbons (Fsp3) is 0.476. The van der Waals surface area contributed by atoms with E-state index in [2.05, 4.69) is 69.2 Å². The van der Waals surface area contributed by atoms with E-state index in [1.54, 1.807) is 11.3 Å². The van der Waals surface area contributed by atoms with Gasteiger partial charge in [0.05, 0.1) is 19.3 Å². The summed E-state index contributed by atoms with van der Waals surface area (Å²) in [6.07, 6.45) is 1.02. The van der Waals surface area contributed by atoms with Gasteiger partial charge in [0.25, 0.3) is 0 Å². The van der Waals surface area contributed by atoms with Crippen LogP contribution in [0.2, 0.25) is 0 Å². The van der Waals surface area contributed by atoms with E-state index in [4.69, 9.17) is 4.74 Å². The highest BCUT2D eigenvalue weighted by atomic mass is 32.1. The zero-order chi connectivity index (χ0) is 18.9. The smallest absolute Gasteiger partial charge is 0.191 e. The number of hydrogen-bond donors (Lipinski definition) is 2. The summed E-state index contributed by atoms with van der Waals surface area (Å²) in [7, 11) is 1.83. The number of aryl methyl sites for hydroxylation is 1. The maximum atomic E-state index is 5.55. The molecule has 0 bridgehead atoms. The van der Waals surface area contributed by atoms with Crippen LogP contribution in [0.3, 0.4) is 0 Å². The van der Waals surface area contributed by atoms with E-state index in [9.17, 15) is 0 Å². The molecular formula is C21H30N4OS. The van der Waals surface area contributed by atoms with Gasteiger partial charge in [-0.25, -0.2) is 0 Å². The van der Waals surface area contributed by atoms with E-state index < -0.39 is 0 Å². The molecule has 0 saturated carbocycles. The molecule has 2 heterocycles. The van der Waals surface area contributed by atoms with E-state index in [-0.39, 0.29) is 0 Å². The highest BCUT2D eigenvalue weighted by Crippen LogP contribution is 2.22. The van der Waals surface area contributed by atoms with E-state index in [0.717, 1.165) is 51.8 Å². The molecule has 1 aromatic heterocycles. The van der Waals surface area contributed by atoms with Gasteiger partial charge in [0, 0.05) is 38.1 Å². The van der Waals surface area contributed by atoms with Crippen molar-refractivity contribution in [3.8, 4) is 0 Å². The molecule has 0 aliphatic carbocycles. The Morgan fingerprint density at radius 1 is 1.22 bits per heavy atom. The van der Waals surface area contributed by atoms with Crippen LogP contribution < -0.4 is 10.6 Å². The molecule has 1 aliphatic rings. The first kappa shape index (κ1) is 19.9. The molecule has 27 heavy (non-hydrogen) atoms. The molecule has 1 fully saturated rings. The van der Waals surface area contributed by atoms with Crippen LogP contribution in [0.4, 0.5) is 0 Å². The predicted molar refractivity (Wildman–Crippen MR) is 114 cm³/mol. The Hall–Kier alpha value is -1.89. The third-order valence-corrected chi connectivity index (χ3v) is 5.78. The number of thiophene rings is 1. The van der Waals surface area contributed by atoms with Gasteiger partial charge in [-0.2, -0.15) is 0 Å². The van der Waals surface area contributed by atoms with E-state index in [1.165, 1.54) is 16.0 Å². The number of hydrogen-bond acceptors (Lipinski definition) is 4. The molecule has 1 atom stereocenters. The summed E-state index contributed by atoms with van der Waals surface area (Å²) in [6, 6.07) is 13.4. The van der Waals surface area contributed by atoms with Crippen LogP contribution in [-0.4, -0.2) is 57.3 Å². The third-order valence-electron chi connectivity index (χ3n) is 4.84. The average Bonchev–Trinajstić information content (AvgIpc) is 3.21. The zero-order valence-corrected chi connectivity index (χ0v) is 17.1. The number of ether oxygens (including phenoxy) is 1. The second-order valence-electron chi connectivity index (χ2n) is 6.79. The van der Waals surface area contributed by atoms with E-state index in [0.29, 0.717) is 6.04 Å². The van der Waals surface area contributed by atoms with Crippen LogP contribution in [0.1, 0.15) is 22.0 Å². The first-order valence-electron chi connectivity index (χ1n) is 9.61. The number of nitrogens with zero attached hydrogens (tertiary/aromatic N) is 2. The van der Waals surface area contributed by atoms with Gasteiger partial charge >= 0.3 is 0 Å². The molecule has 1 unspecified atom stereocenters. The Bertz CT molecular complexity index is 711. The Morgan fingerprint density at radius 2 is 2.07 bits per heavy atom. The lowest BCUT2D eigenvalue weighted by Gasteiger charge is -2.35. The third kappa shape index (κ3) is 6.06. The summed E-state index contributed by atoms with van der Waals surface area (Å²) in [6.45, 7) is 7.38. The minimum Gasteiger partial charge on any atom is -0.379 e. The lowest BCUT2D eigenvalue weighted by Crippen LogP contribution is -2.46. The average molecular weight is 387 g/mol. The van der Waals surface area contributed by atoms with Gasteiger partial charge in [0.15, 0.2) is 5.96 Å². The van der Waals surface area contributed by atoms with Crippen molar-refractivity contribution < 1.29 is 4.74 Å². The molecule has 0 spiro atoms. The molecule has 1 aromatic carbocycles. The summed E-state index contributed by atoms with van der Waals surface area (Å²) >= 11 is 1.80. The number of morpholine rings is 1. The fourth-order valence-corrected chi connectivity index (χ4v) is 4.11. The molecule has 0 radical (unpaired) electrons. The van der Waals surface area contributed by atoms with Crippen molar-refractivity contribution in [3.63, 3.8) is 0 Å². The van der Waals surface area contributed by atoms with Crippen LogP contribution in [0.15, 0.2) is 46.8 Å². The molecule has 2 aromatic rings. The lowest BCUT2D eigenvalue weighted by molar-refractivity contribution is 0.0170. The van der Waals surface area contributed by atoms with Crippen LogP contribution in [-0.2, 0) is 11.2 Å². The largest absolute Gasteiger partial charge is 0.379 e. The number of nitrogens with one attached hydrogen (secondary N) is 2. The van der Waals surface area contributed by atoms with Crippen molar-refractivity contribution in [1.82, 2.24) is 15.5 Å². The minimum atomic E-state index is 0.310. The molecule has 1 aliphatic heterocycles. The first-order valence-corrected chi connectivity index (χ1v) is 10.5. The van der Waals surface area contributed by atoms with Crippen LogP contribution in [0.25, 0.3) is 0 Å². The standard InChI is InChI=1S/C21H30N4OS/c1-17-5-3-6-18(15-17)20(25-10-12-26-13-11-25)16-24-21(22-2)23-9-8-19-7-4-14-27-19/h3-7,14-15,20H,8-13,16H2,1-2H3,(H2,22,23,24). The summed E-state index contributed by atoms with van der Waals surface area (Å²) in [5.41, 5.74) is 2.64. The van der Waals surface area contributed by atoms with Crippen molar-refractivity contribution in [1.29, 1.82) is 0 Å². The normalized spacial score (nSPS) is 16.9. The molecular weight excluding hydrogens is 356 g/mol. The number of guanidine groups is 1. The van der Waals surface area contributed by atoms with Crippen molar-refractivity contribution in [3.05, 3.63) is 57.8 Å². The minimum absolute atomic E-state index is 0.310. The van der Waals surface area contributed by atoms with Crippen LogP contribution in [0.5, 0.6) is 0 Å². The summed E-state index contributed by atoms with van der Waals surface area (Å²) in [5, 5.41) is 9.08. The molecule has 1 saturated heterocycles. The molecule has 2 N–H and O–H groups in total. The predicted octanol–water partition coefficient (Wildman–Crippen LogP) is 2.84. The van der Waals surface area contributed by atoms with Gasteiger partial charge < -0.3 is 15.4 Å². The lowest BCUT2D eigenvalue weighted by atomic mass is 10.0. The van der Waals surface area contributed by atoms with E-state index >= 15 is 0 Å². The summed E-state index contributed by atoms with van der Waals surface area (Å²) < 4.78 is 5.55. The maximum Gasteiger partial charge on any atom is 0.191 e. The Kier molecular flexibility index (Phi) is 7.68. The maximum absolute atomic E-state index is 5.55. The van der Waals surface area contributed by atoms with Crippen molar-refractivity contribution in [2.75, 3.05) is 46.4 Å². The van der Waals surface area contributed by atoms with Gasteiger partial charge in [-0.3, -0.25) is 9.89 Å². The van der Waals surface area contributed by atoms with Crippen molar-refractivity contribution in [2.45, 2.75) is 19.4 Å². The monoisotopic (exact) mass is 386 g/mol. The van der Waals surface area contributed by atoms with Gasteiger partial charge in [-0.05, 0) is 30.4 Å². The van der Waals surface area contributed by atoms with Crippen LogP contribution in [0, 0.1) is 6.92 Å². The second kappa shape index (κ2) is 10.4. The molecule has 5 nitrogen and oxygen atoms in total. The molecule has 146 valence electrons. The number of aliphatic imine (C=N–C) groups is 1. The van der Waals surface area contributed by atoms with Crippen molar-refractivity contribution in [2.24, 2.45) is 4.99 Å². The molecule has 0 amide bonds. The van der Waals surface area contributed by atoms with Gasteiger partial charge in [-0.15, -0.1) is 11.3 Å². The highest BCUT2D eigenvalue weighted by molar-refractivity contribution is 7.09. The van der Waals surface area contributed by atoms with Gasteiger partial charge in [-0.1, -0.05) is 35.9 Å². The summed E-state index contributed by atoms with van der Waals surface area (Å²) in [5.74, 6) is 0.859. The van der Waals surface area contributed by atoms with Gasteiger partial charge in [0.1, 0.15) is 0 Å². The first-order chi connectivity index (χ1) is 13.3. The summed E-state index contributed by atoms with van der Waals surface area (Å²) in [4.78, 5) is 8.29. The number of benzene rings is 1. The topological polar surface area (TPSA) is 48.9 Å². The molecule has 6 heteroatoms. The Balaban J connectivity index is 1.58. The quantitative estimate of drug-likeness (QED) is 0.568. The van der Waals surface area contributed by atoms with Gasteiger partial charge in [0.2, 0.25) is 0 Å².